The first kappa shape index (κ1) is 17.8. The van der Waals surface area contributed by atoms with Crippen LogP contribution in [-0.2, 0) is 14.3 Å². The number of ether oxygens (including phenoxy) is 2. The molecule has 4 aliphatic carbocycles. The van der Waals surface area contributed by atoms with E-state index in [1.54, 1.807) is 19.2 Å². The topological polar surface area (TPSA) is 64.6 Å². The number of para-hydroxylation sites is 2. The summed E-state index contributed by atoms with van der Waals surface area (Å²) < 4.78 is 10.8. The molecule has 1 aromatic rings. The molecule has 1 N–H and O–H groups in total. The number of hydrogen-bond donors (Lipinski definition) is 1. The van der Waals surface area contributed by atoms with Crippen molar-refractivity contribution < 1.29 is 19.1 Å². The lowest BCUT2D eigenvalue weighted by atomic mass is 9.49. The van der Waals surface area contributed by atoms with Crippen LogP contribution in [0.15, 0.2) is 24.3 Å². The Hall–Kier alpha value is -1.56. The fraction of sp³-hybridized carbons (Fsp3) is 0.600. The van der Waals surface area contributed by atoms with E-state index in [0.29, 0.717) is 23.3 Å². The van der Waals surface area contributed by atoms with Gasteiger partial charge in [0.05, 0.1) is 18.2 Å². The van der Waals surface area contributed by atoms with Gasteiger partial charge in [0, 0.05) is 4.32 Å². The minimum Gasteiger partial charge on any atom is -0.495 e. The molecular formula is C20H24BrNO4. The number of halogens is 1. The molecule has 1 aromatic carbocycles. The lowest BCUT2D eigenvalue weighted by molar-refractivity contribution is -0.170. The fourth-order valence-electron chi connectivity index (χ4n) is 5.61. The van der Waals surface area contributed by atoms with Crippen LogP contribution in [0.2, 0.25) is 0 Å². The lowest BCUT2D eigenvalue weighted by Crippen LogP contribution is -2.56. The fourth-order valence-corrected chi connectivity index (χ4v) is 7.06. The van der Waals surface area contributed by atoms with Gasteiger partial charge in [-0.1, -0.05) is 28.1 Å². The van der Waals surface area contributed by atoms with Gasteiger partial charge < -0.3 is 14.8 Å². The summed E-state index contributed by atoms with van der Waals surface area (Å²) in [6.45, 7) is -0.261. The van der Waals surface area contributed by atoms with Gasteiger partial charge in [-0.25, -0.2) is 0 Å². The van der Waals surface area contributed by atoms with Gasteiger partial charge in [0.2, 0.25) is 0 Å². The molecular weight excluding hydrogens is 398 g/mol. The van der Waals surface area contributed by atoms with E-state index in [0.717, 1.165) is 32.1 Å². The van der Waals surface area contributed by atoms with Gasteiger partial charge in [-0.2, -0.15) is 0 Å². The van der Waals surface area contributed by atoms with E-state index in [1.165, 1.54) is 6.42 Å². The van der Waals surface area contributed by atoms with Crippen LogP contribution in [0.25, 0.3) is 0 Å². The van der Waals surface area contributed by atoms with E-state index in [4.69, 9.17) is 9.47 Å². The molecule has 0 aromatic heterocycles. The van der Waals surface area contributed by atoms with Gasteiger partial charge in [0.1, 0.15) is 5.75 Å². The van der Waals surface area contributed by atoms with Crippen LogP contribution in [0.4, 0.5) is 5.69 Å². The zero-order valence-corrected chi connectivity index (χ0v) is 16.5. The van der Waals surface area contributed by atoms with Crippen LogP contribution in [0, 0.1) is 17.3 Å². The van der Waals surface area contributed by atoms with Gasteiger partial charge in [-0.05, 0) is 62.5 Å². The Morgan fingerprint density at radius 1 is 1.19 bits per heavy atom. The molecule has 6 heteroatoms. The Morgan fingerprint density at radius 3 is 2.54 bits per heavy atom. The molecule has 5 rings (SSSR count). The van der Waals surface area contributed by atoms with Crippen LogP contribution in [0.1, 0.15) is 38.5 Å². The molecule has 140 valence electrons. The van der Waals surface area contributed by atoms with Crippen molar-refractivity contribution in [3.8, 4) is 5.75 Å². The van der Waals surface area contributed by atoms with Crippen molar-refractivity contribution in [3.63, 3.8) is 0 Å². The average molecular weight is 422 g/mol. The molecule has 0 radical (unpaired) electrons. The number of methoxy groups -OCH3 is 1. The van der Waals surface area contributed by atoms with Gasteiger partial charge in [-0.3, -0.25) is 9.59 Å². The maximum Gasteiger partial charge on any atom is 0.312 e. The van der Waals surface area contributed by atoms with Crippen LogP contribution in [-0.4, -0.2) is 29.9 Å². The number of rotatable bonds is 5. The minimum atomic E-state index is -0.404. The highest BCUT2D eigenvalue weighted by Gasteiger charge is 2.60. The first-order valence-electron chi connectivity index (χ1n) is 9.20. The molecule has 4 fully saturated rings. The summed E-state index contributed by atoms with van der Waals surface area (Å²) in [5.41, 5.74) is 0.170. The van der Waals surface area contributed by atoms with E-state index in [1.807, 2.05) is 12.1 Å². The average Bonchev–Trinajstić information content (AvgIpc) is 2.58. The summed E-state index contributed by atoms with van der Waals surface area (Å²) in [4.78, 5) is 25.1. The third-order valence-electron chi connectivity index (χ3n) is 6.14. The predicted molar refractivity (Wildman–Crippen MR) is 101 cm³/mol. The van der Waals surface area contributed by atoms with Crippen LogP contribution < -0.4 is 10.1 Å². The van der Waals surface area contributed by atoms with Crippen molar-refractivity contribution in [3.05, 3.63) is 24.3 Å². The van der Waals surface area contributed by atoms with Crippen molar-refractivity contribution in [2.75, 3.05) is 19.0 Å². The van der Waals surface area contributed by atoms with Gasteiger partial charge >= 0.3 is 5.97 Å². The Balaban J connectivity index is 1.37. The first-order chi connectivity index (χ1) is 12.4. The highest BCUT2D eigenvalue weighted by Crippen LogP contribution is 2.64. The van der Waals surface area contributed by atoms with Crippen molar-refractivity contribution in [1.82, 2.24) is 0 Å². The van der Waals surface area contributed by atoms with E-state index < -0.39 is 5.41 Å². The summed E-state index contributed by atoms with van der Waals surface area (Å²) in [7, 11) is 1.55. The van der Waals surface area contributed by atoms with Gasteiger partial charge in [-0.15, -0.1) is 0 Å². The van der Waals surface area contributed by atoms with Crippen LogP contribution in [0.3, 0.4) is 0 Å². The standard InChI is InChI=1S/C20H24BrNO4/c1-25-16-5-3-2-4-15(16)22-17(23)11-26-18(24)19-7-13-6-14(8-19)10-20(21,9-13)12-19/h2-5,13-14H,6-12H2,1H3,(H,22,23)/t13-,14-,19?,20?/m1/s1. The molecule has 0 unspecified atom stereocenters. The Morgan fingerprint density at radius 2 is 1.88 bits per heavy atom. The van der Waals surface area contributed by atoms with E-state index >= 15 is 0 Å². The smallest absolute Gasteiger partial charge is 0.312 e. The highest BCUT2D eigenvalue weighted by atomic mass is 79.9. The Kier molecular flexibility index (Phi) is 4.49. The maximum atomic E-state index is 12.9. The molecule has 5 nitrogen and oxygen atoms in total. The number of carbonyl (C=O) groups is 2. The number of anilines is 1. The molecule has 26 heavy (non-hydrogen) atoms. The number of carbonyl (C=O) groups excluding carboxylic acids is 2. The quantitative estimate of drug-likeness (QED) is 0.577. The van der Waals surface area contributed by atoms with Crippen molar-refractivity contribution >= 4 is 33.5 Å². The highest BCUT2D eigenvalue weighted by molar-refractivity contribution is 9.10. The monoisotopic (exact) mass is 421 g/mol. The third kappa shape index (κ3) is 3.24. The predicted octanol–water partition coefficient (Wildman–Crippen LogP) is 3.91. The minimum absolute atomic E-state index is 0.0930. The molecule has 0 heterocycles. The summed E-state index contributed by atoms with van der Waals surface area (Å²) in [5.74, 6) is 1.23. The first-order valence-corrected chi connectivity index (χ1v) is 10.00. The molecule has 0 spiro atoms. The molecule has 0 aliphatic heterocycles. The van der Waals surface area contributed by atoms with Gasteiger partial charge in [0.25, 0.3) is 5.91 Å². The van der Waals surface area contributed by atoms with Crippen molar-refractivity contribution in [2.45, 2.75) is 42.8 Å². The van der Waals surface area contributed by atoms with Crippen molar-refractivity contribution in [1.29, 1.82) is 0 Å². The zero-order chi connectivity index (χ0) is 18.4. The summed E-state index contributed by atoms with van der Waals surface area (Å²) in [6, 6.07) is 7.17. The molecule has 1 amide bonds. The van der Waals surface area contributed by atoms with Crippen LogP contribution >= 0.6 is 15.9 Å². The number of alkyl halides is 1. The molecule has 2 atom stereocenters. The van der Waals surface area contributed by atoms with Crippen LogP contribution in [0.5, 0.6) is 5.75 Å². The second-order valence-corrected chi connectivity index (χ2v) is 9.90. The van der Waals surface area contributed by atoms with E-state index in [2.05, 4.69) is 21.2 Å². The molecule has 4 bridgehead atoms. The number of amides is 1. The summed E-state index contributed by atoms with van der Waals surface area (Å²) in [5, 5.41) is 2.75. The SMILES string of the molecule is COc1ccccc1NC(=O)COC(=O)C12C[C@H]3C[C@@H](CC(Br)(C3)C1)C2. The van der Waals surface area contributed by atoms with E-state index in [-0.39, 0.29) is 22.8 Å². The summed E-state index contributed by atoms with van der Waals surface area (Å²) >= 11 is 3.90. The zero-order valence-electron chi connectivity index (χ0n) is 14.9. The summed E-state index contributed by atoms with van der Waals surface area (Å²) in [6.07, 6.45) is 6.20. The molecule has 4 aliphatic rings. The third-order valence-corrected chi connectivity index (χ3v) is 7.07. The largest absolute Gasteiger partial charge is 0.495 e. The normalized spacial score (nSPS) is 34.4. The number of hydrogen-bond acceptors (Lipinski definition) is 4. The lowest BCUT2D eigenvalue weighted by Gasteiger charge is -2.58. The Bertz CT molecular complexity index is 720. The molecule has 0 saturated heterocycles. The van der Waals surface area contributed by atoms with E-state index in [9.17, 15) is 9.59 Å². The second kappa shape index (κ2) is 6.55. The number of benzene rings is 1. The maximum absolute atomic E-state index is 12.9. The second-order valence-electron chi connectivity index (χ2n) is 8.22. The van der Waals surface area contributed by atoms with Crippen molar-refractivity contribution in [2.24, 2.45) is 17.3 Å². The number of esters is 1. The molecule has 4 saturated carbocycles. The number of nitrogens with one attached hydrogen (secondary N) is 1. The Labute approximate surface area is 161 Å². The van der Waals surface area contributed by atoms with Gasteiger partial charge in [0.15, 0.2) is 6.61 Å².